The molecule has 0 atom stereocenters. The molecule has 0 aliphatic heterocycles. The van der Waals surface area contributed by atoms with Crippen LogP contribution in [0.3, 0.4) is 0 Å². The minimum atomic E-state index is -0.798. The van der Waals surface area contributed by atoms with E-state index < -0.39 is 23.3 Å². The summed E-state index contributed by atoms with van der Waals surface area (Å²) >= 11 is 0. The Balaban J connectivity index is 0.000000792. The van der Waals surface area contributed by atoms with Crippen molar-refractivity contribution in [3.63, 3.8) is 0 Å². The standard InChI is InChI=1S/3C14H20O3.C6H14O3/c3*1-9-7-10(5-6-12(15)16)8-11(13(9)17)14(2,3)4;1-2-6(3-7,4-8)5-9/h3*7-8,17H,5-6H2,1-4H3,(H,15,16);7-9H,2-5H2,1H3. The van der Waals surface area contributed by atoms with E-state index in [2.05, 4.69) is 0 Å². The van der Waals surface area contributed by atoms with Gasteiger partial charge in [0.25, 0.3) is 0 Å². The van der Waals surface area contributed by atoms with E-state index in [1.807, 2.05) is 126 Å². The van der Waals surface area contributed by atoms with Gasteiger partial charge in [-0.2, -0.15) is 0 Å². The molecule has 0 bridgehead atoms. The first-order valence-corrected chi connectivity index (χ1v) is 20.4. The van der Waals surface area contributed by atoms with Gasteiger partial charge in [-0.15, -0.1) is 0 Å². The first-order chi connectivity index (χ1) is 27.4. The number of carbonyl (C=O) groups is 3. The van der Waals surface area contributed by atoms with Gasteiger partial charge >= 0.3 is 17.9 Å². The predicted molar refractivity (Wildman–Crippen MR) is 236 cm³/mol. The number of hydrogen-bond donors (Lipinski definition) is 9. The van der Waals surface area contributed by atoms with Crippen molar-refractivity contribution >= 4 is 17.9 Å². The van der Waals surface area contributed by atoms with Gasteiger partial charge in [0.2, 0.25) is 0 Å². The number of phenols is 3. The Labute approximate surface area is 357 Å². The molecule has 0 amide bonds. The van der Waals surface area contributed by atoms with Crippen LogP contribution in [0, 0.1) is 26.2 Å². The lowest BCUT2D eigenvalue weighted by Gasteiger charge is -2.24. The summed E-state index contributed by atoms with van der Waals surface area (Å²) in [4.78, 5) is 31.7. The molecule has 338 valence electrons. The van der Waals surface area contributed by atoms with Crippen molar-refractivity contribution in [3.8, 4) is 17.2 Å². The maximum atomic E-state index is 10.6. The summed E-state index contributed by atoms with van der Waals surface area (Å²) in [7, 11) is 0. The number of carboxylic acids is 3. The summed E-state index contributed by atoms with van der Waals surface area (Å²) in [6.45, 7) is 25.2. The van der Waals surface area contributed by atoms with Gasteiger partial charge < -0.3 is 46.0 Å². The molecule has 0 aliphatic carbocycles. The minimum Gasteiger partial charge on any atom is -0.507 e. The lowest BCUT2D eigenvalue weighted by molar-refractivity contribution is -0.138. The number of carboxylic acid groups (broad SMARTS) is 3. The molecule has 0 saturated heterocycles. The molecule has 0 aromatic heterocycles. The number of rotatable bonds is 13. The van der Waals surface area contributed by atoms with Gasteiger partial charge in [-0.3, -0.25) is 14.4 Å². The fourth-order valence-electron chi connectivity index (χ4n) is 5.95. The number of phenolic OH excluding ortho intramolecular Hbond substituents is 3. The molecule has 0 saturated carbocycles. The highest BCUT2D eigenvalue weighted by Gasteiger charge is 2.25. The first-order valence-electron chi connectivity index (χ1n) is 20.4. The van der Waals surface area contributed by atoms with Crippen LogP contribution >= 0.6 is 0 Å². The molecule has 12 heteroatoms. The van der Waals surface area contributed by atoms with Gasteiger partial charge in [-0.25, -0.2) is 0 Å². The summed E-state index contributed by atoms with van der Waals surface area (Å²) < 4.78 is 0. The van der Waals surface area contributed by atoms with Crippen LogP contribution in [-0.2, 0) is 49.9 Å². The van der Waals surface area contributed by atoms with E-state index in [4.69, 9.17) is 30.6 Å². The van der Waals surface area contributed by atoms with Gasteiger partial charge in [0.05, 0.1) is 19.8 Å². The van der Waals surface area contributed by atoms with Gasteiger partial charge in [0, 0.05) is 24.7 Å². The van der Waals surface area contributed by atoms with Gasteiger partial charge in [0.15, 0.2) is 0 Å². The Morgan fingerprint density at radius 2 is 0.667 bits per heavy atom. The first kappa shape index (κ1) is 55.4. The SMILES string of the molecule is CCC(CO)(CO)CO.Cc1cc(CCC(=O)O)cc(C(C)(C)C)c1O.Cc1cc(CCC(=O)O)cc(C(C)(C)C)c1O.Cc1cc(CCC(=O)O)cc(C(C)(C)C)c1O. The van der Waals surface area contributed by atoms with Crippen molar-refractivity contribution in [2.45, 2.75) is 151 Å². The number of benzene rings is 3. The Morgan fingerprint density at radius 1 is 0.450 bits per heavy atom. The Hall–Kier alpha value is -4.65. The number of aliphatic carboxylic acids is 3. The fourth-order valence-corrected chi connectivity index (χ4v) is 5.95. The highest BCUT2D eigenvalue weighted by molar-refractivity contribution is 5.68. The van der Waals surface area contributed by atoms with Crippen molar-refractivity contribution in [2.24, 2.45) is 5.41 Å². The number of aliphatic hydroxyl groups excluding tert-OH is 3. The molecule has 3 aromatic rings. The van der Waals surface area contributed by atoms with Crippen LogP contribution in [0.4, 0.5) is 0 Å². The van der Waals surface area contributed by atoms with E-state index in [-0.39, 0.29) is 55.3 Å². The van der Waals surface area contributed by atoms with Crippen LogP contribution in [0.2, 0.25) is 0 Å². The van der Waals surface area contributed by atoms with Crippen LogP contribution in [0.25, 0.3) is 0 Å². The third kappa shape index (κ3) is 18.7. The lowest BCUT2D eigenvalue weighted by Crippen LogP contribution is -2.32. The monoisotopic (exact) mass is 843 g/mol. The second-order valence-electron chi connectivity index (χ2n) is 18.7. The fraction of sp³-hybridized carbons (Fsp3) is 0.562. The second-order valence-corrected chi connectivity index (χ2v) is 18.7. The topological polar surface area (TPSA) is 233 Å². The molecule has 3 rings (SSSR count). The van der Waals surface area contributed by atoms with E-state index in [0.29, 0.717) is 42.9 Å². The number of aromatic hydroxyl groups is 3. The van der Waals surface area contributed by atoms with Crippen molar-refractivity contribution in [3.05, 3.63) is 86.5 Å². The zero-order chi connectivity index (χ0) is 47.0. The van der Waals surface area contributed by atoms with Gasteiger partial charge in [0.1, 0.15) is 17.2 Å². The molecular weight excluding hydrogens is 769 g/mol. The summed E-state index contributed by atoms with van der Waals surface area (Å²) in [5, 5.41) is 82.1. The van der Waals surface area contributed by atoms with E-state index in [0.717, 1.165) is 50.1 Å². The molecule has 0 fully saturated rings. The van der Waals surface area contributed by atoms with Crippen molar-refractivity contribution in [1.82, 2.24) is 0 Å². The number of aliphatic hydroxyl groups is 3. The third-order valence-corrected chi connectivity index (χ3v) is 10.1. The molecule has 9 N–H and O–H groups in total. The van der Waals surface area contributed by atoms with Crippen LogP contribution in [-0.4, -0.2) is 83.7 Å². The second kappa shape index (κ2) is 24.0. The maximum absolute atomic E-state index is 10.6. The summed E-state index contributed by atoms with van der Waals surface area (Å²) in [6.07, 6.45) is 2.45. The quantitative estimate of drug-likeness (QED) is 0.0789. The Bertz CT molecular complexity index is 1640. The van der Waals surface area contributed by atoms with Crippen molar-refractivity contribution in [2.75, 3.05) is 19.8 Å². The van der Waals surface area contributed by atoms with Gasteiger partial charge in [-0.05, 0) is 113 Å². The molecule has 0 unspecified atom stereocenters. The Morgan fingerprint density at radius 3 is 0.800 bits per heavy atom. The van der Waals surface area contributed by atoms with Crippen LogP contribution < -0.4 is 0 Å². The molecule has 0 radical (unpaired) electrons. The number of aryl methyl sites for hydroxylation is 6. The minimum absolute atomic E-state index is 0.119. The van der Waals surface area contributed by atoms with E-state index in [1.54, 1.807) is 0 Å². The Kier molecular flexibility index (Phi) is 22.1. The maximum Gasteiger partial charge on any atom is 0.303 e. The molecule has 60 heavy (non-hydrogen) atoms. The van der Waals surface area contributed by atoms with Crippen LogP contribution in [0.1, 0.15) is 145 Å². The zero-order valence-corrected chi connectivity index (χ0v) is 38.3. The van der Waals surface area contributed by atoms with Gasteiger partial charge in [-0.1, -0.05) is 106 Å². The summed E-state index contributed by atoms with van der Waals surface area (Å²) in [6, 6.07) is 11.3. The van der Waals surface area contributed by atoms with E-state index in [1.165, 1.54) is 0 Å². The molecule has 0 heterocycles. The van der Waals surface area contributed by atoms with Crippen molar-refractivity contribution in [1.29, 1.82) is 0 Å². The largest absolute Gasteiger partial charge is 0.507 e. The molecular formula is C48H74O12. The van der Waals surface area contributed by atoms with Crippen LogP contribution in [0.15, 0.2) is 36.4 Å². The molecule has 3 aromatic carbocycles. The average molecular weight is 843 g/mol. The molecule has 12 nitrogen and oxygen atoms in total. The average Bonchev–Trinajstić information content (AvgIpc) is 3.13. The highest BCUT2D eigenvalue weighted by atomic mass is 16.4. The van der Waals surface area contributed by atoms with Crippen molar-refractivity contribution < 1.29 is 60.3 Å². The number of hydrogen-bond acceptors (Lipinski definition) is 9. The predicted octanol–water partition coefficient (Wildman–Crippen LogP) is 8.41. The van der Waals surface area contributed by atoms with E-state index >= 15 is 0 Å². The third-order valence-electron chi connectivity index (χ3n) is 10.1. The highest BCUT2D eigenvalue weighted by Crippen LogP contribution is 2.36. The summed E-state index contributed by atoms with van der Waals surface area (Å²) in [5.41, 5.74) is 6.82. The lowest BCUT2D eigenvalue weighted by atomic mass is 9.83. The zero-order valence-electron chi connectivity index (χ0n) is 38.3. The summed E-state index contributed by atoms with van der Waals surface area (Å²) in [5.74, 6) is -1.45. The van der Waals surface area contributed by atoms with E-state index in [9.17, 15) is 29.7 Å². The smallest absolute Gasteiger partial charge is 0.303 e. The normalized spacial score (nSPS) is 11.6. The molecule has 0 aliphatic rings. The molecule has 0 spiro atoms. The van der Waals surface area contributed by atoms with Crippen LogP contribution in [0.5, 0.6) is 17.2 Å².